The van der Waals surface area contributed by atoms with Crippen LogP contribution in [-0.4, -0.2) is 36.2 Å². The van der Waals surface area contributed by atoms with Crippen LogP contribution < -0.4 is 5.73 Å². The lowest BCUT2D eigenvalue weighted by molar-refractivity contribution is -0.116. The van der Waals surface area contributed by atoms with Gasteiger partial charge in [-0.3, -0.25) is 0 Å². The van der Waals surface area contributed by atoms with E-state index < -0.39 is 5.60 Å². The normalized spacial score (nSPS) is 36.4. The number of rotatable bonds is 1. The Bertz CT molecular complexity index is 327. The maximum absolute atomic E-state index is 12.0. The molecule has 2 N–H and O–H groups in total. The van der Waals surface area contributed by atoms with Gasteiger partial charge in [0.05, 0.1) is 0 Å². The second-order valence-electron chi connectivity index (χ2n) is 7.20. The van der Waals surface area contributed by atoms with Crippen LogP contribution in [0.3, 0.4) is 0 Å². The predicted octanol–water partition coefficient (Wildman–Crippen LogP) is 1.98. The van der Waals surface area contributed by atoms with E-state index in [2.05, 4.69) is 6.92 Å². The molecule has 0 aromatic carbocycles. The lowest BCUT2D eigenvalue weighted by Crippen LogP contribution is -2.65. The van der Waals surface area contributed by atoms with Crippen LogP contribution in [0.4, 0.5) is 4.79 Å². The van der Waals surface area contributed by atoms with Crippen molar-refractivity contribution in [2.75, 3.05) is 19.6 Å². The minimum atomic E-state index is -0.421. The molecule has 2 saturated heterocycles. The molecular weight excluding hydrogens is 216 g/mol. The Hall–Kier alpha value is -0.770. The minimum absolute atomic E-state index is 0.157. The van der Waals surface area contributed by atoms with Gasteiger partial charge in [-0.1, -0.05) is 6.92 Å². The van der Waals surface area contributed by atoms with E-state index in [9.17, 15) is 4.79 Å². The fraction of sp³-hybridized carbons (Fsp3) is 0.923. The zero-order chi connectivity index (χ0) is 12.9. The van der Waals surface area contributed by atoms with E-state index in [1.165, 1.54) is 0 Å². The van der Waals surface area contributed by atoms with Crippen LogP contribution in [0, 0.1) is 10.8 Å². The van der Waals surface area contributed by atoms with Gasteiger partial charge in [-0.05, 0) is 45.6 Å². The van der Waals surface area contributed by atoms with Gasteiger partial charge < -0.3 is 15.4 Å². The van der Waals surface area contributed by atoms with Crippen LogP contribution in [0.15, 0.2) is 0 Å². The quantitative estimate of drug-likeness (QED) is 0.762. The Morgan fingerprint density at radius 3 is 2.41 bits per heavy atom. The van der Waals surface area contributed by atoms with Gasteiger partial charge in [-0.25, -0.2) is 4.79 Å². The average Bonchev–Trinajstić information content (AvgIpc) is 2.12. The fourth-order valence-corrected chi connectivity index (χ4v) is 3.57. The zero-order valence-electron chi connectivity index (χ0n) is 11.4. The molecule has 3 fully saturated rings. The molecule has 98 valence electrons. The van der Waals surface area contributed by atoms with Crippen molar-refractivity contribution in [3.05, 3.63) is 0 Å². The lowest BCUT2D eigenvalue weighted by atomic mass is 9.50. The highest BCUT2D eigenvalue weighted by Gasteiger charge is 2.57. The van der Waals surface area contributed by atoms with E-state index in [0.29, 0.717) is 6.54 Å². The largest absolute Gasteiger partial charge is 0.444 e. The van der Waals surface area contributed by atoms with Gasteiger partial charge in [0.15, 0.2) is 0 Å². The van der Waals surface area contributed by atoms with E-state index in [4.69, 9.17) is 10.5 Å². The van der Waals surface area contributed by atoms with Crippen molar-refractivity contribution >= 4 is 6.09 Å². The first kappa shape index (κ1) is 12.7. The average molecular weight is 240 g/mol. The molecule has 17 heavy (non-hydrogen) atoms. The number of amides is 1. The summed E-state index contributed by atoms with van der Waals surface area (Å²) in [4.78, 5) is 13.9. The monoisotopic (exact) mass is 240 g/mol. The molecule has 3 rings (SSSR count). The highest BCUT2D eigenvalue weighted by atomic mass is 16.6. The van der Waals surface area contributed by atoms with Gasteiger partial charge in [0.2, 0.25) is 0 Å². The molecule has 0 spiro atoms. The SMILES string of the molecule is CC12CN(C(=O)OC(C)(C)C)CC(CN)(C1)C2. The first-order valence-electron chi connectivity index (χ1n) is 6.35. The predicted molar refractivity (Wildman–Crippen MR) is 66.6 cm³/mol. The summed E-state index contributed by atoms with van der Waals surface area (Å²) >= 11 is 0. The van der Waals surface area contributed by atoms with Gasteiger partial charge >= 0.3 is 6.09 Å². The summed E-state index contributed by atoms with van der Waals surface area (Å²) in [5, 5.41) is 0. The number of carbonyl (C=O) groups is 1. The molecule has 2 heterocycles. The molecule has 0 aromatic heterocycles. The summed E-state index contributed by atoms with van der Waals surface area (Å²) < 4.78 is 5.43. The van der Waals surface area contributed by atoms with Crippen LogP contribution in [0.1, 0.15) is 40.5 Å². The van der Waals surface area contributed by atoms with Gasteiger partial charge in [-0.2, -0.15) is 0 Å². The summed E-state index contributed by atoms with van der Waals surface area (Å²) in [6.07, 6.45) is 2.10. The number of nitrogens with zero attached hydrogens (tertiary/aromatic N) is 1. The zero-order valence-corrected chi connectivity index (χ0v) is 11.4. The number of fused-ring (bicyclic) bond motifs is 2. The Labute approximate surface area is 103 Å². The number of nitrogens with two attached hydrogens (primary N) is 1. The summed E-state index contributed by atoms with van der Waals surface area (Å²) in [6, 6.07) is 0. The summed E-state index contributed by atoms with van der Waals surface area (Å²) in [6.45, 7) is 10.2. The molecule has 1 amide bonds. The molecule has 4 heteroatoms. The molecule has 0 unspecified atom stereocenters. The third kappa shape index (κ3) is 2.41. The first-order chi connectivity index (χ1) is 7.67. The van der Waals surface area contributed by atoms with Crippen molar-refractivity contribution < 1.29 is 9.53 Å². The van der Waals surface area contributed by atoms with E-state index in [1.54, 1.807) is 0 Å². The second kappa shape index (κ2) is 3.61. The van der Waals surface area contributed by atoms with Gasteiger partial charge in [0.25, 0.3) is 0 Å². The Morgan fingerprint density at radius 2 is 1.94 bits per heavy atom. The molecule has 1 aliphatic carbocycles. The molecular formula is C13H24N2O2. The smallest absolute Gasteiger partial charge is 0.410 e. The number of hydrogen-bond donors (Lipinski definition) is 1. The molecule has 4 nitrogen and oxygen atoms in total. The lowest BCUT2D eigenvalue weighted by Gasteiger charge is -2.62. The topological polar surface area (TPSA) is 55.6 Å². The van der Waals surface area contributed by atoms with Crippen LogP contribution in [-0.2, 0) is 4.74 Å². The molecule has 1 saturated carbocycles. The van der Waals surface area contributed by atoms with Crippen molar-refractivity contribution in [1.29, 1.82) is 0 Å². The van der Waals surface area contributed by atoms with Crippen molar-refractivity contribution in [1.82, 2.24) is 4.90 Å². The van der Waals surface area contributed by atoms with Crippen molar-refractivity contribution in [3.8, 4) is 0 Å². The molecule has 0 atom stereocenters. The summed E-state index contributed by atoms with van der Waals surface area (Å²) in [5.74, 6) is 0. The Kier molecular flexibility index (Phi) is 2.69. The van der Waals surface area contributed by atoms with Crippen LogP contribution in [0.5, 0.6) is 0 Å². The number of hydrogen-bond acceptors (Lipinski definition) is 3. The van der Waals surface area contributed by atoms with Gasteiger partial charge in [0, 0.05) is 18.5 Å². The number of piperidine rings is 2. The molecule has 0 aromatic rings. The van der Waals surface area contributed by atoms with Crippen LogP contribution in [0.25, 0.3) is 0 Å². The summed E-state index contributed by atoms with van der Waals surface area (Å²) in [5.41, 5.74) is 5.84. The standard InChI is InChI=1S/C13H24N2O2/c1-11(2,3)17-10(16)15-8-12(4)5-13(6-12,7-14)9-15/h5-9,14H2,1-4H3. The second-order valence-corrected chi connectivity index (χ2v) is 7.20. The third-order valence-corrected chi connectivity index (χ3v) is 3.79. The van der Waals surface area contributed by atoms with Crippen molar-refractivity contribution in [2.24, 2.45) is 16.6 Å². The van der Waals surface area contributed by atoms with E-state index >= 15 is 0 Å². The molecule has 2 aliphatic heterocycles. The summed E-state index contributed by atoms with van der Waals surface area (Å²) in [7, 11) is 0. The van der Waals surface area contributed by atoms with E-state index in [-0.39, 0.29) is 16.9 Å². The maximum Gasteiger partial charge on any atom is 0.410 e. The van der Waals surface area contributed by atoms with Crippen molar-refractivity contribution in [3.63, 3.8) is 0 Å². The van der Waals surface area contributed by atoms with E-state index in [1.807, 2.05) is 25.7 Å². The molecule has 2 bridgehead atoms. The number of ether oxygens (including phenoxy) is 1. The van der Waals surface area contributed by atoms with Gasteiger partial charge in [-0.15, -0.1) is 0 Å². The van der Waals surface area contributed by atoms with Crippen LogP contribution >= 0.6 is 0 Å². The van der Waals surface area contributed by atoms with Crippen LogP contribution in [0.2, 0.25) is 0 Å². The van der Waals surface area contributed by atoms with Gasteiger partial charge in [0.1, 0.15) is 5.60 Å². The fourth-order valence-electron chi connectivity index (χ4n) is 3.57. The molecule has 0 radical (unpaired) electrons. The Balaban J connectivity index is 2.02. The third-order valence-electron chi connectivity index (χ3n) is 3.79. The Morgan fingerprint density at radius 1 is 1.35 bits per heavy atom. The maximum atomic E-state index is 12.0. The van der Waals surface area contributed by atoms with Crippen molar-refractivity contribution in [2.45, 2.75) is 46.1 Å². The van der Waals surface area contributed by atoms with E-state index in [0.717, 1.165) is 25.9 Å². The minimum Gasteiger partial charge on any atom is -0.444 e. The number of carbonyl (C=O) groups excluding carboxylic acids is 1. The molecule has 3 aliphatic rings. The highest BCUT2D eigenvalue weighted by Crippen LogP contribution is 2.58. The first-order valence-corrected chi connectivity index (χ1v) is 6.35. The highest BCUT2D eigenvalue weighted by molar-refractivity contribution is 5.68.